The van der Waals surface area contributed by atoms with Crippen molar-refractivity contribution in [3.8, 4) is 11.5 Å². The predicted octanol–water partition coefficient (Wildman–Crippen LogP) is 3.79. The summed E-state index contributed by atoms with van der Waals surface area (Å²) in [5.41, 5.74) is 6.17. The lowest BCUT2D eigenvalue weighted by molar-refractivity contribution is -0.123. The van der Waals surface area contributed by atoms with Crippen LogP contribution in [0.3, 0.4) is 0 Å². The first kappa shape index (κ1) is 21.3. The highest BCUT2D eigenvalue weighted by atomic mass is 16.5. The molecule has 0 atom stereocenters. The SMILES string of the molecule is CCCCCCOc1ccccc1C(=O)NNC(=O)COc1cccc(C)c1. The number of aryl methyl sites for hydroxylation is 1. The van der Waals surface area contributed by atoms with E-state index in [1.165, 1.54) is 6.42 Å². The zero-order chi connectivity index (χ0) is 20.2. The zero-order valence-electron chi connectivity index (χ0n) is 16.5. The second-order valence-electron chi connectivity index (χ2n) is 6.51. The third-order valence-corrected chi connectivity index (χ3v) is 4.06. The minimum atomic E-state index is -0.451. The maximum atomic E-state index is 12.4. The van der Waals surface area contributed by atoms with Crippen LogP contribution in [0.15, 0.2) is 48.5 Å². The summed E-state index contributed by atoms with van der Waals surface area (Å²) in [4.78, 5) is 24.3. The Bertz CT molecular complexity index is 777. The lowest BCUT2D eigenvalue weighted by Gasteiger charge is -2.12. The number of carbonyl (C=O) groups is 2. The Labute approximate surface area is 166 Å². The van der Waals surface area contributed by atoms with Gasteiger partial charge in [-0.3, -0.25) is 20.4 Å². The quantitative estimate of drug-likeness (QED) is 0.483. The number of benzene rings is 2. The number of hydrogen-bond acceptors (Lipinski definition) is 4. The minimum Gasteiger partial charge on any atom is -0.493 e. The lowest BCUT2D eigenvalue weighted by Crippen LogP contribution is -2.43. The Balaban J connectivity index is 1.79. The third kappa shape index (κ3) is 7.31. The van der Waals surface area contributed by atoms with Gasteiger partial charge in [-0.05, 0) is 43.2 Å². The molecule has 28 heavy (non-hydrogen) atoms. The number of rotatable bonds is 10. The normalized spacial score (nSPS) is 10.2. The van der Waals surface area contributed by atoms with Gasteiger partial charge in [-0.1, -0.05) is 50.5 Å². The highest BCUT2D eigenvalue weighted by Crippen LogP contribution is 2.18. The Kier molecular flexibility index (Phi) is 8.85. The van der Waals surface area contributed by atoms with E-state index in [0.717, 1.165) is 24.8 Å². The lowest BCUT2D eigenvalue weighted by atomic mass is 10.2. The molecule has 0 aliphatic carbocycles. The molecule has 0 saturated carbocycles. The molecule has 0 saturated heterocycles. The summed E-state index contributed by atoms with van der Waals surface area (Å²) in [5, 5.41) is 0. The number of nitrogens with one attached hydrogen (secondary N) is 2. The molecule has 0 radical (unpaired) electrons. The van der Waals surface area contributed by atoms with Gasteiger partial charge in [0.2, 0.25) is 0 Å². The van der Waals surface area contributed by atoms with Crippen LogP contribution in [0.25, 0.3) is 0 Å². The van der Waals surface area contributed by atoms with E-state index >= 15 is 0 Å². The van der Waals surface area contributed by atoms with E-state index in [1.807, 2.05) is 31.2 Å². The van der Waals surface area contributed by atoms with Gasteiger partial charge in [-0.15, -0.1) is 0 Å². The number of hydrogen-bond donors (Lipinski definition) is 2. The van der Waals surface area contributed by atoms with E-state index in [4.69, 9.17) is 9.47 Å². The van der Waals surface area contributed by atoms with Gasteiger partial charge in [0.25, 0.3) is 11.8 Å². The Morgan fingerprint density at radius 2 is 1.75 bits per heavy atom. The van der Waals surface area contributed by atoms with Crippen molar-refractivity contribution in [3.05, 3.63) is 59.7 Å². The van der Waals surface area contributed by atoms with Gasteiger partial charge in [0.15, 0.2) is 6.61 Å². The molecular weight excluding hydrogens is 356 g/mol. The van der Waals surface area contributed by atoms with Crippen LogP contribution in [-0.2, 0) is 4.79 Å². The Morgan fingerprint density at radius 3 is 2.54 bits per heavy atom. The van der Waals surface area contributed by atoms with Crippen LogP contribution in [0, 0.1) is 6.92 Å². The monoisotopic (exact) mass is 384 g/mol. The number of hydrazine groups is 1. The molecule has 0 spiro atoms. The second kappa shape index (κ2) is 11.6. The first-order valence-electron chi connectivity index (χ1n) is 9.60. The molecule has 2 amide bonds. The molecule has 0 aromatic heterocycles. The third-order valence-electron chi connectivity index (χ3n) is 4.06. The van der Waals surface area contributed by atoms with Gasteiger partial charge in [-0.2, -0.15) is 0 Å². The summed E-state index contributed by atoms with van der Waals surface area (Å²) in [5.74, 6) is 0.214. The molecular formula is C22H28N2O4. The maximum Gasteiger partial charge on any atom is 0.276 e. The summed E-state index contributed by atoms with van der Waals surface area (Å²) >= 11 is 0. The molecule has 0 fully saturated rings. The van der Waals surface area contributed by atoms with Crippen LogP contribution in [0.1, 0.15) is 48.5 Å². The molecule has 0 aliphatic rings. The van der Waals surface area contributed by atoms with Crippen molar-refractivity contribution < 1.29 is 19.1 Å². The molecule has 2 N–H and O–H groups in total. The number of carbonyl (C=O) groups excluding carboxylic acids is 2. The van der Waals surface area contributed by atoms with Crippen LogP contribution < -0.4 is 20.3 Å². The number of unbranched alkanes of at least 4 members (excludes halogenated alkanes) is 3. The first-order valence-corrected chi connectivity index (χ1v) is 9.60. The number of ether oxygens (including phenoxy) is 2. The summed E-state index contributed by atoms with van der Waals surface area (Å²) in [6, 6.07) is 14.4. The minimum absolute atomic E-state index is 0.195. The summed E-state index contributed by atoms with van der Waals surface area (Å²) in [6.45, 7) is 4.46. The molecule has 150 valence electrons. The van der Waals surface area contributed by atoms with Gasteiger partial charge in [0.1, 0.15) is 11.5 Å². The fourth-order valence-corrected chi connectivity index (χ4v) is 2.57. The molecule has 2 aromatic carbocycles. The standard InChI is InChI=1S/C22H28N2O4/c1-3-4-5-8-14-27-20-13-7-6-12-19(20)22(26)24-23-21(25)16-28-18-11-9-10-17(2)15-18/h6-7,9-13,15H,3-5,8,14,16H2,1-2H3,(H,23,25)(H,24,26). The highest BCUT2D eigenvalue weighted by molar-refractivity contribution is 5.97. The van der Waals surface area contributed by atoms with Crippen molar-refractivity contribution in [3.63, 3.8) is 0 Å². The molecule has 0 aliphatic heterocycles. The molecule has 0 unspecified atom stereocenters. The molecule has 0 bridgehead atoms. The molecule has 2 rings (SSSR count). The van der Waals surface area contributed by atoms with Crippen molar-refractivity contribution in [2.24, 2.45) is 0 Å². The van der Waals surface area contributed by atoms with Crippen molar-refractivity contribution in [1.29, 1.82) is 0 Å². The predicted molar refractivity (Wildman–Crippen MR) is 108 cm³/mol. The second-order valence-corrected chi connectivity index (χ2v) is 6.51. The van der Waals surface area contributed by atoms with Crippen molar-refractivity contribution in [2.75, 3.05) is 13.2 Å². The van der Waals surface area contributed by atoms with Crippen molar-refractivity contribution >= 4 is 11.8 Å². The van der Waals surface area contributed by atoms with E-state index in [9.17, 15) is 9.59 Å². The Hall–Kier alpha value is -3.02. The van der Waals surface area contributed by atoms with E-state index in [2.05, 4.69) is 17.8 Å². The summed E-state index contributed by atoms with van der Waals surface area (Å²) in [6.07, 6.45) is 4.37. The van der Waals surface area contributed by atoms with Crippen molar-refractivity contribution in [2.45, 2.75) is 39.5 Å². The average molecular weight is 384 g/mol. The van der Waals surface area contributed by atoms with E-state index in [-0.39, 0.29) is 6.61 Å². The van der Waals surface area contributed by atoms with Gasteiger partial charge in [0.05, 0.1) is 12.2 Å². The fourth-order valence-electron chi connectivity index (χ4n) is 2.57. The van der Waals surface area contributed by atoms with E-state index in [1.54, 1.807) is 24.3 Å². The highest BCUT2D eigenvalue weighted by Gasteiger charge is 2.13. The van der Waals surface area contributed by atoms with Crippen LogP contribution in [0.5, 0.6) is 11.5 Å². The fraction of sp³-hybridized carbons (Fsp3) is 0.364. The van der Waals surface area contributed by atoms with E-state index < -0.39 is 11.8 Å². The van der Waals surface area contributed by atoms with Crippen LogP contribution >= 0.6 is 0 Å². The van der Waals surface area contributed by atoms with Crippen LogP contribution in [-0.4, -0.2) is 25.0 Å². The van der Waals surface area contributed by atoms with Gasteiger partial charge >= 0.3 is 0 Å². The smallest absolute Gasteiger partial charge is 0.276 e. The van der Waals surface area contributed by atoms with Crippen molar-refractivity contribution in [1.82, 2.24) is 10.9 Å². The average Bonchev–Trinajstić information content (AvgIpc) is 2.70. The molecule has 2 aromatic rings. The number of para-hydroxylation sites is 1. The van der Waals surface area contributed by atoms with Crippen LogP contribution in [0.2, 0.25) is 0 Å². The first-order chi connectivity index (χ1) is 13.6. The molecule has 6 heteroatoms. The Morgan fingerprint density at radius 1 is 0.929 bits per heavy atom. The van der Waals surface area contributed by atoms with Crippen LogP contribution in [0.4, 0.5) is 0 Å². The maximum absolute atomic E-state index is 12.4. The largest absolute Gasteiger partial charge is 0.493 e. The van der Waals surface area contributed by atoms with E-state index in [0.29, 0.717) is 23.7 Å². The summed E-state index contributed by atoms with van der Waals surface area (Å²) in [7, 11) is 0. The van der Waals surface area contributed by atoms with Gasteiger partial charge in [0, 0.05) is 0 Å². The molecule has 6 nitrogen and oxygen atoms in total. The van der Waals surface area contributed by atoms with Gasteiger partial charge < -0.3 is 9.47 Å². The number of amides is 2. The summed E-state index contributed by atoms with van der Waals surface area (Å²) < 4.78 is 11.1. The molecule has 0 heterocycles. The zero-order valence-corrected chi connectivity index (χ0v) is 16.5. The topological polar surface area (TPSA) is 76.7 Å². The van der Waals surface area contributed by atoms with Gasteiger partial charge in [-0.25, -0.2) is 0 Å².